The Morgan fingerprint density at radius 1 is 1.25 bits per heavy atom. The fraction of sp³-hybridized carbons (Fsp3) is 0.231. The van der Waals surface area contributed by atoms with Gasteiger partial charge in [0, 0.05) is 31.1 Å². The second-order valence-electron chi connectivity index (χ2n) is 4.13. The maximum absolute atomic E-state index is 4.68. The van der Waals surface area contributed by atoms with E-state index in [9.17, 15) is 0 Å². The number of nitrogens with zero attached hydrogens (tertiary/aromatic N) is 4. The zero-order valence-corrected chi connectivity index (χ0v) is 11.5. The summed E-state index contributed by atoms with van der Waals surface area (Å²) in [4.78, 5) is 12.8. The lowest BCUT2D eigenvalue weighted by Crippen LogP contribution is -2.17. The Kier molecular flexibility index (Phi) is 4.10. The zero-order chi connectivity index (χ0) is 13.6. The summed E-state index contributed by atoms with van der Waals surface area (Å²) in [7, 11) is 0. The molecule has 1 N–H and O–H groups in total. The van der Waals surface area contributed by atoms with Crippen molar-refractivity contribution < 1.29 is 4.52 Å². The second-order valence-corrected chi connectivity index (χ2v) is 4.99. The fourth-order valence-corrected chi connectivity index (χ4v) is 2.51. The molecule has 20 heavy (non-hydrogen) atoms. The summed E-state index contributed by atoms with van der Waals surface area (Å²) >= 11 is 1.61. The van der Waals surface area contributed by atoms with Crippen LogP contribution in [0.1, 0.15) is 11.5 Å². The predicted octanol–water partition coefficient (Wildman–Crippen LogP) is 1.92. The third-order valence-corrected chi connectivity index (χ3v) is 3.59. The minimum absolute atomic E-state index is 0.713. The summed E-state index contributed by atoms with van der Waals surface area (Å²) in [6, 6.07) is 5.83. The van der Waals surface area contributed by atoms with Gasteiger partial charge in [-0.1, -0.05) is 11.2 Å². The van der Waals surface area contributed by atoms with Crippen LogP contribution in [0.25, 0.3) is 10.7 Å². The van der Waals surface area contributed by atoms with E-state index < -0.39 is 0 Å². The highest BCUT2D eigenvalue weighted by Gasteiger charge is 2.05. The molecule has 0 radical (unpaired) electrons. The van der Waals surface area contributed by atoms with Crippen LogP contribution in [0.2, 0.25) is 0 Å². The van der Waals surface area contributed by atoms with Gasteiger partial charge in [0.15, 0.2) is 5.82 Å². The van der Waals surface area contributed by atoms with Crippen molar-refractivity contribution in [1.82, 2.24) is 25.4 Å². The largest absolute Gasteiger partial charge is 0.343 e. The summed E-state index contributed by atoms with van der Waals surface area (Å²) in [5.74, 6) is 0.713. The van der Waals surface area contributed by atoms with Crippen LogP contribution in [0, 0.1) is 0 Å². The van der Waals surface area contributed by atoms with Crippen LogP contribution >= 0.6 is 11.3 Å². The molecule has 0 aliphatic carbocycles. The molecule has 3 rings (SSSR count). The molecule has 3 heterocycles. The van der Waals surface area contributed by atoms with Gasteiger partial charge in [0.2, 0.25) is 6.39 Å². The summed E-state index contributed by atoms with van der Waals surface area (Å²) in [5.41, 5.74) is 1.93. The first-order valence-corrected chi connectivity index (χ1v) is 7.11. The maximum atomic E-state index is 4.68. The van der Waals surface area contributed by atoms with Crippen LogP contribution in [-0.4, -0.2) is 26.7 Å². The van der Waals surface area contributed by atoms with Gasteiger partial charge in [-0.2, -0.15) is 4.98 Å². The van der Waals surface area contributed by atoms with Crippen molar-refractivity contribution in [3.63, 3.8) is 0 Å². The lowest BCUT2D eigenvalue weighted by molar-refractivity contribution is 0.409. The van der Waals surface area contributed by atoms with E-state index in [1.54, 1.807) is 17.5 Å². The van der Waals surface area contributed by atoms with Gasteiger partial charge in [-0.3, -0.25) is 4.98 Å². The molecule has 3 aromatic rings. The first-order chi connectivity index (χ1) is 9.92. The van der Waals surface area contributed by atoms with Gasteiger partial charge >= 0.3 is 0 Å². The van der Waals surface area contributed by atoms with Gasteiger partial charge < -0.3 is 9.84 Å². The van der Waals surface area contributed by atoms with Gasteiger partial charge in [-0.15, -0.1) is 11.3 Å². The number of aromatic nitrogens is 4. The van der Waals surface area contributed by atoms with Gasteiger partial charge in [0.1, 0.15) is 5.01 Å². The van der Waals surface area contributed by atoms with Crippen molar-refractivity contribution in [2.24, 2.45) is 0 Å². The van der Waals surface area contributed by atoms with Gasteiger partial charge in [0.25, 0.3) is 0 Å². The number of nitrogens with one attached hydrogen (secondary N) is 1. The van der Waals surface area contributed by atoms with Crippen molar-refractivity contribution in [3.05, 3.63) is 47.7 Å². The average Bonchev–Trinajstić information content (AvgIpc) is 3.16. The molecule has 7 heteroatoms. The Bertz CT molecular complexity index is 638. The van der Waals surface area contributed by atoms with E-state index in [0.717, 1.165) is 35.9 Å². The first-order valence-electron chi connectivity index (χ1n) is 6.23. The topological polar surface area (TPSA) is 76.7 Å². The molecule has 0 saturated carbocycles. The Morgan fingerprint density at radius 3 is 3.05 bits per heavy atom. The Balaban J connectivity index is 1.50. The molecule has 6 nitrogen and oxygen atoms in total. The lowest BCUT2D eigenvalue weighted by atomic mass is 10.3. The third kappa shape index (κ3) is 3.25. The summed E-state index contributed by atoms with van der Waals surface area (Å²) in [6.07, 6.45) is 3.86. The summed E-state index contributed by atoms with van der Waals surface area (Å²) < 4.78 is 4.68. The van der Waals surface area contributed by atoms with Crippen molar-refractivity contribution in [1.29, 1.82) is 0 Å². The minimum atomic E-state index is 0.713. The van der Waals surface area contributed by atoms with Crippen LogP contribution in [0.3, 0.4) is 0 Å². The van der Waals surface area contributed by atoms with E-state index in [2.05, 4.69) is 29.9 Å². The van der Waals surface area contributed by atoms with Crippen molar-refractivity contribution >= 4 is 11.3 Å². The number of hydrogen-bond donors (Lipinski definition) is 1. The van der Waals surface area contributed by atoms with Crippen LogP contribution in [0.4, 0.5) is 0 Å². The Hall–Kier alpha value is -2.12. The van der Waals surface area contributed by atoms with Gasteiger partial charge in [0.05, 0.1) is 11.4 Å². The molecule has 102 valence electrons. The minimum Gasteiger partial charge on any atom is -0.343 e. The van der Waals surface area contributed by atoms with Crippen LogP contribution in [0.5, 0.6) is 0 Å². The molecule has 0 unspecified atom stereocenters. The first kappa shape index (κ1) is 12.9. The molecular formula is C13H13N5OS. The van der Waals surface area contributed by atoms with E-state index in [1.165, 1.54) is 6.39 Å². The molecule has 0 amide bonds. The molecular weight excluding hydrogens is 274 g/mol. The van der Waals surface area contributed by atoms with Crippen LogP contribution in [-0.2, 0) is 13.0 Å². The quantitative estimate of drug-likeness (QED) is 0.698. The standard InChI is InChI=1S/C13H13N5OS/c1-2-5-15-11(3-1)13-17-10(8-20-13)7-14-6-4-12-16-9-19-18-12/h1-3,5,8-9,14H,4,6-7H2. The maximum Gasteiger partial charge on any atom is 0.213 e. The van der Waals surface area contributed by atoms with Crippen molar-refractivity contribution in [2.45, 2.75) is 13.0 Å². The van der Waals surface area contributed by atoms with Crippen molar-refractivity contribution in [2.75, 3.05) is 6.54 Å². The SMILES string of the molecule is c1ccc(-c2nc(CNCCc3ncon3)cs2)nc1. The Morgan fingerprint density at radius 2 is 2.25 bits per heavy atom. The molecule has 0 bridgehead atoms. The molecule has 0 aliphatic rings. The molecule has 0 spiro atoms. The smallest absolute Gasteiger partial charge is 0.213 e. The molecule has 0 aliphatic heterocycles. The molecule has 0 saturated heterocycles. The third-order valence-electron chi connectivity index (χ3n) is 2.67. The number of thiazole rings is 1. The van der Waals surface area contributed by atoms with E-state index >= 15 is 0 Å². The highest BCUT2D eigenvalue weighted by atomic mass is 32.1. The molecule has 3 aromatic heterocycles. The monoisotopic (exact) mass is 287 g/mol. The van der Waals surface area contributed by atoms with E-state index in [1.807, 2.05) is 23.6 Å². The normalized spacial score (nSPS) is 10.8. The summed E-state index contributed by atoms with van der Waals surface area (Å²) in [5, 5.41) is 10.1. The van der Waals surface area contributed by atoms with Gasteiger partial charge in [-0.25, -0.2) is 4.98 Å². The van der Waals surface area contributed by atoms with Gasteiger partial charge in [-0.05, 0) is 12.1 Å². The number of hydrogen-bond acceptors (Lipinski definition) is 7. The van der Waals surface area contributed by atoms with Crippen LogP contribution in [0.15, 0.2) is 40.7 Å². The molecule has 0 aromatic carbocycles. The van der Waals surface area contributed by atoms with E-state index in [4.69, 9.17) is 0 Å². The molecule has 0 atom stereocenters. The molecule has 0 fully saturated rings. The second kappa shape index (κ2) is 6.36. The summed E-state index contributed by atoms with van der Waals surface area (Å²) in [6.45, 7) is 1.51. The fourth-order valence-electron chi connectivity index (χ4n) is 1.71. The average molecular weight is 287 g/mol. The highest BCUT2D eigenvalue weighted by molar-refractivity contribution is 7.13. The van der Waals surface area contributed by atoms with Crippen LogP contribution < -0.4 is 5.32 Å². The Labute approximate surface area is 119 Å². The number of pyridine rings is 1. The highest BCUT2D eigenvalue weighted by Crippen LogP contribution is 2.20. The van der Waals surface area contributed by atoms with E-state index in [0.29, 0.717) is 5.82 Å². The zero-order valence-electron chi connectivity index (χ0n) is 10.7. The van der Waals surface area contributed by atoms with E-state index in [-0.39, 0.29) is 0 Å². The number of rotatable bonds is 6. The van der Waals surface area contributed by atoms with Crippen molar-refractivity contribution in [3.8, 4) is 10.7 Å². The predicted molar refractivity (Wildman–Crippen MR) is 75.1 cm³/mol. The lowest BCUT2D eigenvalue weighted by Gasteiger charge is -1.99.